The van der Waals surface area contributed by atoms with E-state index in [1.807, 2.05) is 43.3 Å². The van der Waals surface area contributed by atoms with Gasteiger partial charge >= 0.3 is 0 Å². The summed E-state index contributed by atoms with van der Waals surface area (Å²) in [7, 11) is 1.65. The quantitative estimate of drug-likeness (QED) is 0.666. The zero-order valence-electron chi connectivity index (χ0n) is 14.3. The summed E-state index contributed by atoms with van der Waals surface area (Å²) in [6.45, 7) is 7.80. The second kappa shape index (κ2) is 6.79. The average Bonchev–Trinajstić information content (AvgIpc) is 3.02. The van der Waals surface area contributed by atoms with Crippen LogP contribution in [0.15, 0.2) is 49.1 Å². The fraction of sp³-hybridized carbons (Fsp3) is 0.250. The van der Waals surface area contributed by atoms with Gasteiger partial charge in [0.1, 0.15) is 5.82 Å². The third-order valence-corrected chi connectivity index (χ3v) is 4.03. The number of allylic oxidation sites excluding steroid dienone is 1. The molecule has 0 unspecified atom stereocenters. The van der Waals surface area contributed by atoms with Crippen LogP contribution in [-0.4, -0.2) is 17.1 Å². The molecular weight excluding hydrogens is 300 g/mol. The molecule has 1 aromatic heterocycles. The summed E-state index contributed by atoms with van der Waals surface area (Å²) in [6, 6.07) is 12.0. The molecule has 0 fully saturated rings. The molecule has 0 saturated heterocycles. The van der Waals surface area contributed by atoms with Crippen LogP contribution < -0.4 is 9.47 Å². The van der Waals surface area contributed by atoms with Gasteiger partial charge in [-0.05, 0) is 49.6 Å². The molecule has 3 aromatic rings. The SMILES string of the molecule is C=CCc1ccc(O[C@H](C)c2nc3c(C)cccc3[nH]2)c(OC)c1. The van der Waals surface area contributed by atoms with Crippen LogP contribution in [-0.2, 0) is 6.42 Å². The molecule has 0 bridgehead atoms. The van der Waals surface area contributed by atoms with Crippen molar-refractivity contribution in [2.75, 3.05) is 7.11 Å². The Labute approximate surface area is 142 Å². The Morgan fingerprint density at radius 1 is 1.25 bits per heavy atom. The van der Waals surface area contributed by atoms with E-state index >= 15 is 0 Å². The number of hydrogen-bond donors (Lipinski definition) is 1. The van der Waals surface area contributed by atoms with E-state index in [1.165, 1.54) is 0 Å². The lowest BCUT2D eigenvalue weighted by molar-refractivity contribution is 0.208. The van der Waals surface area contributed by atoms with E-state index in [2.05, 4.69) is 29.5 Å². The fourth-order valence-electron chi connectivity index (χ4n) is 2.74. The van der Waals surface area contributed by atoms with Gasteiger partial charge in [-0.1, -0.05) is 24.3 Å². The van der Waals surface area contributed by atoms with Crippen molar-refractivity contribution in [2.45, 2.75) is 26.4 Å². The standard InChI is InChI=1S/C20H22N2O2/c1-5-7-15-10-11-17(18(12-15)23-4)24-14(3)20-21-16-9-6-8-13(2)19(16)22-20/h5-6,8-12,14H,1,7H2,2-4H3,(H,21,22)/t14-/m1/s1. The number of methoxy groups -OCH3 is 1. The van der Waals surface area contributed by atoms with Crippen molar-refractivity contribution in [1.82, 2.24) is 9.97 Å². The fourth-order valence-corrected chi connectivity index (χ4v) is 2.74. The van der Waals surface area contributed by atoms with Crippen LogP contribution in [0.3, 0.4) is 0 Å². The minimum atomic E-state index is -0.212. The summed E-state index contributed by atoms with van der Waals surface area (Å²) >= 11 is 0. The number of ether oxygens (including phenoxy) is 2. The number of para-hydroxylation sites is 1. The number of nitrogens with one attached hydrogen (secondary N) is 1. The highest BCUT2D eigenvalue weighted by Gasteiger charge is 2.16. The molecule has 0 amide bonds. The molecular formula is C20H22N2O2. The first-order valence-electron chi connectivity index (χ1n) is 8.02. The van der Waals surface area contributed by atoms with E-state index in [1.54, 1.807) is 7.11 Å². The van der Waals surface area contributed by atoms with Gasteiger partial charge in [0, 0.05) is 0 Å². The molecule has 4 nitrogen and oxygen atoms in total. The first-order valence-corrected chi connectivity index (χ1v) is 8.02. The highest BCUT2D eigenvalue weighted by Crippen LogP contribution is 2.32. The number of nitrogens with zero attached hydrogens (tertiary/aromatic N) is 1. The van der Waals surface area contributed by atoms with Crippen molar-refractivity contribution >= 4 is 11.0 Å². The van der Waals surface area contributed by atoms with E-state index in [-0.39, 0.29) is 6.10 Å². The number of aromatic nitrogens is 2. The highest BCUT2D eigenvalue weighted by atomic mass is 16.5. The van der Waals surface area contributed by atoms with Crippen LogP contribution in [0.25, 0.3) is 11.0 Å². The molecule has 0 spiro atoms. The lowest BCUT2D eigenvalue weighted by Crippen LogP contribution is -2.06. The van der Waals surface area contributed by atoms with Gasteiger partial charge < -0.3 is 14.5 Å². The summed E-state index contributed by atoms with van der Waals surface area (Å²) in [6.07, 6.45) is 2.46. The van der Waals surface area contributed by atoms with Crippen LogP contribution in [0.4, 0.5) is 0 Å². The van der Waals surface area contributed by atoms with Crippen LogP contribution >= 0.6 is 0 Å². The number of benzene rings is 2. The lowest BCUT2D eigenvalue weighted by Gasteiger charge is -2.16. The van der Waals surface area contributed by atoms with Crippen LogP contribution in [0.2, 0.25) is 0 Å². The summed E-state index contributed by atoms with van der Waals surface area (Å²) in [4.78, 5) is 8.01. The highest BCUT2D eigenvalue weighted by molar-refractivity contribution is 5.78. The number of rotatable bonds is 6. The Balaban J connectivity index is 1.86. The maximum absolute atomic E-state index is 6.08. The largest absolute Gasteiger partial charge is 0.493 e. The molecule has 2 aromatic carbocycles. The van der Waals surface area contributed by atoms with Gasteiger partial charge in [-0.15, -0.1) is 6.58 Å². The summed E-state index contributed by atoms with van der Waals surface area (Å²) < 4.78 is 11.5. The summed E-state index contributed by atoms with van der Waals surface area (Å²) in [5, 5.41) is 0. The predicted octanol–water partition coefficient (Wildman–Crippen LogP) is 4.75. The van der Waals surface area contributed by atoms with Crippen LogP contribution in [0.5, 0.6) is 11.5 Å². The molecule has 24 heavy (non-hydrogen) atoms. The maximum Gasteiger partial charge on any atom is 0.162 e. The van der Waals surface area contributed by atoms with E-state index < -0.39 is 0 Å². The maximum atomic E-state index is 6.08. The molecule has 0 aliphatic heterocycles. The van der Waals surface area contributed by atoms with Crippen molar-refractivity contribution in [1.29, 1.82) is 0 Å². The molecule has 1 atom stereocenters. The number of H-pyrrole nitrogens is 1. The number of hydrogen-bond acceptors (Lipinski definition) is 3. The smallest absolute Gasteiger partial charge is 0.162 e. The topological polar surface area (TPSA) is 47.1 Å². The third-order valence-electron chi connectivity index (χ3n) is 4.03. The van der Waals surface area contributed by atoms with Gasteiger partial charge in [-0.3, -0.25) is 0 Å². The monoisotopic (exact) mass is 322 g/mol. The second-order valence-corrected chi connectivity index (χ2v) is 5.83. The molecule has 0 aliphatic rings. The van der Waals surface area contributed by atoms with Crippen LogP contribution in [0.1, 0.15) is 30.0 Å². The van der Waals surface area contributed by atoms with E-state index in [4.69, 9.17) is 9.47 Å². The number of aryl methyl sites for hydroxylation is 1. The molecule has 1 heterocycles. The average molecular weight is 322 g/mol. The lowest BCUT2D eigenvalue weighted by atomic mass is 10.1. The van der Waals surface area contributed by atoms with E-state index in [0.717, 1.165) is 34.4 Å². The minimum Gasteiger partial charge on any atom is -0.493 e. The van der Waals surface area contributed by atoms with Gasteiger partial charge in [0.25, 0.3) is 0 Å². The normalized spacial score (nSPS) is 12.1. The number of aromatic amines is 1. The zero-order valence-corrected chi connectivity index (χ0v) is 14.3. The first kappa shape index (κ1) is 16.1. The van der Waals surface area contributed by atoms with E-state index in [0.29, 0.717) is 11.5 Å². The van der Waals surface area contributed by atoms with Gasteiger partial charge in [0.2, 0.25) is 0 Å². The van der Waals surface area contributed by atoms with Crippen LogP contribution in [0, 0.1) is 6.92 Å². The van der Waals surface area contributed by atoms with Crippen molar-refractivity contribution in [3.63, 3.8) is 0 Å². The van der Waals surface area contributed by atoms with Crippen molar-refractivity contribution in [3.8, 4) is 11.5 Å². The molecule has 4 heteroatoms. The third kappa shape index (κ3) is 3.13. The molecule has 3 rings (SSSR count). The van der Waals surface area contributed by atoms with E-state index in [9.17, 15) is 0 Å². The summed E-state index contributed by atoms with van der Waals surface area (Å²) in [5.41, 5.74) is 4.29. The Kier molecular flexibility index (Phi) is 4.56. The van der Waals surface area contributed by atoms with Gasteiger partial charge in [-0.25, -0.2) is 4.98 Å². The van der Waals surface area contributed by atoms with Gasteiger partial charge in [0.15, 0.2) is 17.6 Å². The van der Waals surface area contributed by atoms with Crippen molar-refractivity contribution in [2.24, 2.45) is 0 Å². The molecule has 1 N–H and O–H groups in total. The summed E-state index contributed by atoms with van der Waals surface area (Å²) in [5.74, 6) is 2.22. The van der Waals surface area contributed by atoms with Gasteiger partial charge in [0.05, 0.1) is 18.1 Å². The Morgan fingerprint density at radius 3 is 2.79 bits per heavy atom. The second-order valence-electron chi connectivity index (χ2n) is 5.83. The molecule has 124 valence electrons. The number of imidazole rings is 1. The number of fused-ring (bicyclic) bond motifs is 1. The zero-order chi connectivity index (χ0) is 17.1. The first-order chi connectivity index (χ1) is 11.6. The van der Waals surface area contributed by atoms with Crippen molar-refractivity contribution < 1.29 is 9.47 Å². The van der Waals surface area contributed by atoms with Gasteiger partial charge in [-0.2, -0.15) is 0 Å². The Hall–Kier alpha value is -2.75. The molecule has 0 aliphatic carbocycles. The Morgan fingerprint density at radius 2 is 2.08 bits per heavy atom. The predicted molar refractivity (Wildman–Crippen MR) is 96.8 cm³/mol. The molecule has 0 radical (unpaired) electrons. The minimum absolute atomic E-state index is 0.212. The van der Waals surface area contributed by atoms with Crippen molar-refractivity contribution in [3.05, 3.63) is 66.0 Å². The Bertz CT molecular complexity index is 867. The molecule has 0 saturated carbocycles.